The first-order chi connectivity index (χ1) is 13.5. The lowest BCUT2D eigenvalue weighted by Crippen LogP contribution is -2.23. The molecule has 3 rings (SSSR count). The van der Waals surface area contributed by atoms with E-state index in [4.69, 9.17) is 16.3 Å². The van der Waals surface area contributed by atoms with E-state index in [9.17, 15) is 14.4 Å². The first-order valence-corrected chi connectivity index (χ1v) is 8.67. The minimum atomic E-state index is -0.516. The molecule has 0 aliphatic carbocycles. The molecule has 1 amide bonds. The SMILES string of the molecule is COc1ccc(F)cc1C(=O)NCc1ccc(-c2nccc(Cl)c2C#N)cc1. The van der Waals surface area contributed by atoms with E-state index in [0.29, 0.717) is 22.0 Å². The predicted molar refractivity (Wildman–Crippen MR) is 104 cm³/mol. The lowest BCUT2D eigenvalue weighted by atomic mass is 10.0. The van der Waals surface area contributed by atoms with E-state index in [0.717, 1.165) is 17.2 Å². The molecule has 7 heteroatoms. The van der Waals surface area contributed by atoms with E-state index in [1.54, 1.807) is 24.4 Å². The number of nitriles is 1. The lowest BCUT2D eigenvalue weighted by molar-refractivity contribution is 0.0947. The average Bonchev–Trinajstić information content (AvgIpc) is 2.72. The number of methoxy groups -OCH3 is 1. The van der Waals surface area contributed by atoms with Crippen LogP contribution in [0.5, 0.6) is 5.75 Å². The van der Waals surface area contributed by atoms with Crippen LogP contribution in [-0.2, 0) is 6.54 Å². The predicted octanol–water partition coefficient (Wildman–Crippen LogP) is 4.35. The molecule has 140 valence electrons. The highest BCUT2D eigenvalue weighted by Gasteiger charge is 2.14. The molecule has 0 aliphatic rings. The molecule has 0 aliphatic heterocycles. The Bertz CT molecular complexity index is 1060. The number of amides is 1. The summed E-state index contributed by atoms with van der Waals surface area (Å²) in [7, 11) is 1.42. The van der Waals surface area contributed by atoms with E-state index < -0.39 is 11.7 Å². The number of hydrogen-bond donors (Lipinski definition) is 1. The van der Waals surface area contributed by atoms with Crippen LogP contribution >= 0.6 is 11.6 Å². The maximum Gasteiger partial charge on any atom is 0.255 e. The number of ether oxygens (including phenoxy) is 1. The number of halogens is 2. The first kappa shape index (κ1) is 19.3. The molecule has 1 heterocycles. The third kappa shape index (κ3) is 4.11. The van der Waals surface area contributed by atoms with Crippen LogP contribution in [0, 0.1) is 17.1 Å². The highest BCUT2D eigenvalue weighted by molar-refractivity contribution is 6.32. The minimum Gasteiger partial charge on any atom is -0.496 e. The Kier molecular flexibility index (Phi) is 5.87. The fourth-order valence-electron chi connectivity index (χ4n) is 2.68. The molecule has 28 heavy (non-hydrogen) atoms. The van der Waals surface area contributed by atoms with Crippen molar-refractivity contribution in [2.45, 2.75) is 6.54 Å². The number of benzene rings is 2. The van der Waals surface area contributed by atoms with Gasteiger partial charge in [0.25, 0.3) is 5.91 Å². The number of nitrogens with zero attached hydrogens (tertiary/aromatic N) is 2. The third-order valence-electron chi connectivity index (χ3n) is 4.10. The van der Waals surface area contributed by atoms with E-state index in [1.807, 2.05) is 12.1 Å². The first-order valence-electron chi connectivity index (χ1n) is 8.29. The number of carbonyl (C=O) groups excluding carboxylic acids is 1. The second kappa shape index (κ2) is 8.51. The van der Waals surface area contributed by atoms with Crippen LogP contribution in [0.4, 0.5) is 4.39 Å². The van der Waals surface area contributed by atoms with Crippen LogP contribution in [0.25, 0.3) is 11.3 Å². The summed E-state index contributed by atoms with van der Waals surface area (Å²) in [5.74, 6) is -0.661. The fourth-order valence-corrected chi connectivity index (χ4v) is 2.87. The summed E-state index contributed by atoms with van der Waals surface area (Å²) in [4.78, 5) is 16.6. The van der Waals surface area contributed by atoms with E-state index in [-0.39, 0.29) is 12.1 Å². The number of hydrogen-bond acceptors (Lipinski definition) is 4. The molecule has 0 fully saturated rings. The summed E-state index contributed by atoms with van der Waals surface area (Å²) < 4.78 is 18.5. The molecule has 0 spiro atoms. The van der Waals surface area contributed by atoms with Crippen LogP contribution in [0.2, 0.25) is 5.02 Å². The van der Waals surface area contributed by atoms with Gasteiger partial charge in [0.1, 0.15) is 17.6 Å². The van der Waals surface area contributed by atoms with Gasteiger partial charge in [-0.15, -0.1) is 0 Å². The van der Waals surface area contributed by atoms with Crippen molar-refractivity contribution in [1.82, 2.24) is 10.3 Å². The summed E-state index contributed by atoms with van der Waals surface area (Å²) in [5, 5.41) is 12.3. The standard InChI is InChI=1S/C21H15ClFN3O2/c1-28-19-7-6-15(23)10-16(19)21(27)26-12-13-2-4-14(5-3-13)20-17(11-24)18(22)8-9-25-20/h2-10H,12H2,1H3,(H,26,27). The lowest BCUT2D eigenvalue weighted by Gasteiger charge is -2.10. The Morgan fingerprint density at radius 2 is 2.00 bits per heavy atom. The average molecular weight is 396 g/mol. The number of pyridine rings is 1. The Hall–Kier alpha value is -3.43. The monoisotopic (exact) mass is 395 g/mol. The van der Waals surface area contributed by atoms with Gasteiger partial charge in [-0.25, -0.2) is 4.39 Å². The molecular weight excluding hydrogens is 381 g/mol. The Labute approximate surface area is 166 Å². The van der Waals surface area contributed by atoms with Crippen LogP contribution < -0.4 is 10.1 Å². The number of rotatable bonds is 5. The van der Waals surface area contributed by atoms with Crippen molar-refractivity contribution in [3.8, 4) is 23.1 Å². The molecule has 2 aromatic carbocycles. The van der Waals surface area contributed by atoms with Gasteiger partial charge >= 0.3 is 0 Å². The topological polar surface area (TPSA) is 75.0 Å². The molecular formula is C21H15ClFN3O2. The smallest absolute Gasteiger partial charge is 0.255 e. The molecule has 0 unspecified atom stereocenters. The molecule has 0 saturated carbocycles. The van der Waals surface area contributed by atoms with Crippen molar-refractivity contribution < 1.29 is 13.9 Å². The van der Waals surface area contributed by atoms with Gasteiger partial charge in [-0.05, 0) is 29.8 Å². The summed E-state index contributed by atoms with van der Waals surface area (Å²) in [6, 6.07) is 14.6. The van der Waals surface area contributed by atoms with Crippen molar-refractivity contribution in [1.29, 1.82) is 5.26 Å². The second-order valence-electron chi connectivity index (χ2n) is 5.85. The Balaban J connectivity index is 1.74. The van der Waals surface area contributed by atoms with Gasteiger partial charge in [0.15, 0.2) is 0 Å². The number of nitrogens with one attached hydrogen (secondary N) is 1. The van der Waals surface area contributed by atoms with Gasteiger partial charge in [0.05, 0.1) is 29.0 Å². The van der Waals surface area contributed by atoms with Crippen molar-refractivity contribution in [3.63, 3.8) is 0 Å². The molecule has 5 nitrogen and oxygen atoms in total. The van der Waals surface area contributed by atoms with E-state index in [1.165, 1.54) is 19.2 Å². The highest BCUT2D eigenvalue weighted by atomic mass is 35.5. The van der Waals surface area contributed by atoms with Gasteiger partial charge in [-0.3, -0.25) is 9.78 Å². The Morgan fingerprint density at radius 3 is 2.68 bits per heavy atom. The van der Waals surface area contributed by atoms with Gasteiger partial charge in [0, 0.05) is 18.3 Å². The van der Waals surface area contributed by atoms with Crippen LogP contribution in [0.15, 0.2) is 54.7 Å². The normalized spacial score (nSPS) is 10.2. The molecule has 0 radical (unpaired) electrons. The van der Waals surface area contributed by atoms with E-state index in [2.05, 4.69) is 16.4 Å². The molecule has 0 bridgehead atoms. The molecule has 1 aromatic heterocycles. The zero-order chi connectivity index (χ0) is 20.1. The Morgan fingerprint density at radius 1 is 1.25 bits per heavy atom. The molecule has 3 aromatic rings. The van der Waals surface area contributed by atoms with Crippen LogP contribution in [-0.4, -0.2) is 18.0 Å². The summed E-state index contributed by atoms with van der Waals surface area (Å²) in [5.41, 5.74) is 2.49. The van der Waals surface area contributed by atoms with Crippen molar-refractivity contribution >= 4 is 17.5 Å². The number of carbonyl (C=O) groups is 1. The van der Waals surface area contributed by atoms with Gasteiger partial charge in [-0.1, -0.05) is 35.9 Å². The maximum absolute atomic E-state index is 13.4. The zero-order valence-electron chi connectivity index (χ0n) is 14.9. The van der Waals surface area contributed by atoms with Crippen molar-refractivity contribution in [3.05, 3.63) is 82.3 Å². The maximum atomic E-state index is 13.4. The molecule has 1 N–H and O–H groups in total. The van der Waals surface area contributed by atoms with Gasteiger partial charge < -0.3 is 10.1 Å². The zero-order valence-corrected chi connectivity index (χ0v) is 15.6. The van der Waals surface area contributed by atoms with Gasteiger partial charge in [0.2, 0.25) is 0 Å². The highest BCUT2D eigenvalue weighted by Crippen LogP contribution is 2.26. The van der Waals surface area contributed by atoms with E-state index >= 15 is 0 Å². The number of aromatic nitrogens is 1. The van der Waals surface area contributed by atoms with Crippen LogP contribution in [0.3, 0.4) is 0 Å². The molecule has 0 saturated heterocycles. The van der Waals surface area contributed by atoms with Crippen molar-refractivity contribution in [2.24, 2.45) is 0 Å². The quantitative estimate of drug-likeness (QED) is 0.696. The fraction of sp³-hybridized carbons (Fsp3) is 0.0952. The largest absolute Gasteiger partial charge is 0.496 e. The summed E-state index contributed by atoms with van der Waals surface area (Å²) >= 11 is 6.04. The van der Waals surface area contributed by atoms with Gasteiger partial charge in [-0.2, -0.15) is 5.26 Å². The summed E-state index contributed by atoms with van der Waals surface area (Å²) in [6.45, 7) is 0.243. The third-order valence-corrected chi connectivity index (χ3v) is 4.41. The second-order valence-corrected chi connectivity index (χ2v) is 6.26. The van der Waals surface area contributed by atoms with Crippen LogP contribution in [0.1, 0.15) is 21.5 Å². The summed E-state index contributed by atoms with van der Waals surface area (Å²) in [6.07, 6.45) is 1.54. The minimum absolute atomic E-state index is 0.126. The van der Waals surface area contributed by atoms with Crippen molar-refractivity contribution in [2.75, 3.05) is 7.11 Å². The molecule has 0 atom stereocenters.